The molecule has 0 bridgehead atoms. The van der Waals surface area contributed by atoms with Gasteiger partial charge >= 0.3 is 0 Å². The average Bonchev–Trinajstić information content (AvgIpc) is 2.08. The van der Waals surface area contributed by atoms with Crippen molar-refractivity contribution in [2.45, 2.75) is 0 Å². The molecule has 0 saturated heterocycles. The van der Waals surface area contributed by atoms with E-state index < -0.39 is 0 Å². The van der Waals surface area contributed by atoms with E-state index in [1.807, 2.05) is 12.2 Å². The minimum Gasteiger partial charge on any atom is -0.372 e. The summed E-state index contributed by atoms with van der Waals surface area (Å²) in [6.45, 7) is 5.19. The summed E-state index contributed by atoms with van der Waals surface area (Å²) in [5.74, 6) is 0. The molecule has 1 aliphatic rings. The predicted octanol–water partition coefficient (Wildman–Crippen LogP) is -0.847. The monoisotopic (exact) mass is 158 g/mol. The molecule has 64 valence electrons. The van der Waals surface area contributed by atoms with E-state index in [2.05, 4.69) is 5.32 Å². The first kappa shape index (κ1) is 8.71. The van der Waals surface area contributed by atoms with Gasteiger partial charge in [0.2, 0.25) is 0 Å². The largest absolute Gasteiger partial charge is 0.372 e. The van der Waals surface area contributed by atoms with E-state index in [1.165, 1.54) is 0 Å². The molecule has 0 atom stereocenters. The molecule has 0 fully saturated rings. The molecule has 0 aromatic carbocycles. The molecule has 0 saturated carbocycles. The fraction of sp³-hybridized carbons (Fsp3) is 0.750. The van der Waals surface area contributed by atoms with Crippen molar-refractivity contribution in [2.75, 3.05) is 39.5 Å². The van der Waals surface area contributed by atoms with Crippen molar-refractivity contribution in [2.24, 2.45) is 0 Å². The predicted molar refractivity (Wildman–Crippen MR) is 42.4 cm³/mol. The highest BCUT2D eigenvalue weighted by Crippen LogP contribution is 1.80. The van der Waals surface area contributed by atoms with Crippen LogP contribution in [0.3, 0.4) is 0 Å². The lowest BCUT2D eigenvalue weighted by Gasteiger charge is -2.00. The van der Waals surface area contributed by atoms with Gasteiger partial charge in [-0.25, -0.2) is 0 Å². The van der Waals surface area contributed by atoms with Crippen molar-refractivity contribution < 1.29 is 14.8 Å². The molecule has 0 unspecified atom stereocenters. The third-order valence-corrected chi connectivity index (χ3v) is 1.53. The van der Waals surface area contributed by atoms with Crippen molar-refractivity contribution in [1.82, 2.24) is 0 Å². The summed E-state index contributed by atoms with van der Waals surface area (Å²) >= 11 is 0. The van der Waals surface area contributed by atoms with E-state index in [9.17, 15) is 0 Å². The number of ether oxygens (including phenoxy) is 2. The fourth-order valence-corrected chi connectivity index (χ4v) is 0.917. The van der Waals surface area contributed by atoms with E-state index in [0.29, 0.717) is 0 Å². The van der Waals surface area contributed by atoms with Gasteiger partial charge in [0.05, 0.1) is 39.5 Å². The molecular weight excluding hydrogens is 142 g/mol. The van der Waals surface area contributed by atoms with Crippen LogP contribution in [-0.4, -0.2) is 39.5 Å². The van der Waals surface area contributed by atoms with Gasteiger partial charge in [0, 0.05) is 0 Å². The zero-order valence-electron chi connectivity index (χ0n) is 6.79. The Balaban J connectivity index is 2.11. The van der Waals surface area contributed by atoms with Gasteiger partial charge in [0.25, 0.3) is 0 Å². The highest BCUT2D eigenvalue weighted by molar-refractivity contribution is 4.81. The Morgan fingerprint density at radius 1 is 0.909 bits per heavy atom. The summed E-state index contributed by atoms with van der Waals surface area (Å²) in [5, 5.41) is 2.21. The fourth-order valence-electron chi connectivity index (χ4n) is 0.917. The smallest absolute Gasteiger partial charge is 0.0993 e. The Kier molecular flexibility index (Phi) is 5.02. The lowest BCUT2D eigenvalue weighted by Crippen LogP contribution is -2.86. The summed E-state index contributed by atoms with van der Waals surface area (Å²) in [7, 11) is 0. The second-order valence-corrected chi connectivity index (χ2v) is 2.49. The number of hydrogen-bond acceptors (Lipinski definition) is 2. The van der Waals surface area contributed by atoms with Crippen LogP contribution in [0.15, 0.2) is 12.2 Å². The maximum atomic E-state index is 5.29. The molecule has 0 aliphatic carbocycles. The highest BCUT2D eigenvalue weighted by Gasteiger charge is 1.92. The van der Waals surface area contributed by atoms with Gasteiger partial charge in [-0.2, -0.15) is 0 Å². The summed E-state index contributed by atoms with van der Waals surface area (Å²) in [4.78, 5) is 0. The Morgan fingerprint density at radius 2 is 1.45 bits per heavy atom. The van der Waals surface area contributed by atoms with Crippen molar-refractivity contribution in [1.29, 1.82) is 0 Å². The first-order valence-corrected chi connectivity index (χ1v) is 4.12. The first-order valence-electron chi connectivity index (χ1n) is 4.12. The Labute approximate surface area is 67.4 Å². The van der Waals surface area contributed by atoms with Crippen molar-refractivity contribution in [3.8, 4) is 0 Å². The summed E-state index contributed by atoms with van der Waals surface area (Å²) in [5.41, 5.74) is 0. The average molecular weight is 158 g/mol. The van der Waals surface area contributed by atoms with Crippen LogP contribution in [0.1, 0.15) is 0 Å². The Hall–Kier alpha value is -0.380. The van der Waals surface area contributed by atoms with E-state index >= 15 is 0 Å². The van der Waals surface area contributed by atoms with Crippen molar-refractivity contribution >= 4 is 0 Å². The number of nitrogens with two attached hydrogens (primary N) is 1. The van der Waals surface area contributed by atoms with Crippen molar-refractivity contribution in [3.05, 3.63) is 12.2 Å². The standard InChI is InChI=1S/C8H15NO2/c1-2-6-11-8-4-9-3-7-10-5-1/h1-2,9H,3-8H2/p+1/b2-1-. The third-order valence-electron chi connectivity index (χ3n) is 1.53. The number of rotatable bonds is 0. The van der Waals surface area contributed by atoms with Gasteiger partial charge in [0.1, 0.15) is 0 Å². The molecule has 0 spiro atoms. The van der Waals surface area contributed by atoms with E-state index in [1.54, 1.807) is 0 Å². The minimum atomic E-state index is 0.719. The molecule has 3 heteroatoms. The van der Waals surface area contributed by atoms with Crippen LogP contribution in [0.2, 0.25) is 0 Å². The zero-order valence-corrected chi connectivity index (χ0v) is 6.79. The minimum absolute atomic E-state index is 0.719. The lowest BCUT2D eigenvalue weighted by molar-refractivity contribution is -0.657. The second kappa shape index (κ2) is 6.34. The number of hydrogen-bond donors (Lipinski definition) is 1. The SMILES string of the molecule is C1=C\COCC[NH2+]CCOC/1. The molecule has 1 rings (SSSR count). The summed E-state index contributed by atoms with van der Waals surface area (Å²) < 4.78 is 10.6. The molecule has 1 aliphatic heterocycles. The zero-order chi connectivity index (χ0) is 7.78. The molecular formula is C8H16NO2+. The molecule has 0 amide bonds. The first-order chi connectivity index (χ1) is 5.50. The normalized spacial score (nSPS) is 25.5. The van der Waals surface area contributed by atoms with E-state index in [0.717, 1.165) is 39.5 Å². The van der Waals surface area contributed by atoms with Crippen LogP contribution in [0.4, 0.5) is 0 Å². The van der Waals surface area contributed by atoms with E-state index in [4.69, 9.17) is 9.47 Å². The van der Waals surface area contributed by atoms with Gasteiger partial charge in [-0.3, -0.25) is 0 Å². The molecule has 0 radical (unpaired) electrons. The van der Waals surface area contributed by atoms with Gasteiger partial charge in [-0.15, -0.1) is 0 Å². The van der Waals surface area contributed by atoms with Crippen LogP contribution in [0.25, 0.3) is 0 Å². The van der Waals surface area contributed by atoms with E-state index in [-0.39, 0.29) is 0 Å². The van der Waals surface area contributed by atoms with Crippen molar-refractivity contribution in [3.63, 3.8) is 0 Å². The van der Waals surface area contributed by atoms with Crippen LogP contribution in [0.5, 0.6) is 0 Å². The maximum Gasteiger partial charge on any atom is 0.0993 e. The van der Waals surface area contributed by atoms with Gasteiger partial charge in [-0.05, 0) is 0 Å². The lowest BCUT2D eigenvalue weighted by atomic mass is 10.5. The second-order valence-electron chi connectivity index (χ2n) is 2.49. The highest BCUT2D eigenvalue weighted by atomic mass is 16.5. The quantitative estimate of drug-likeness (QED) is 0.466. The summed E-state index contributed by atoms with van der Waals surface area (Å²) in [6.07, 6.45) is 4.01. The van der Waals surface area contributed by atoms with Gasteiger partial charge in [-0.1, -0.05) is 12.2 Å². The van der Waals surface area contributed by atoms with Gasteiger partial charge in [0.15, 0.2) is 0 Å². The number of quaternary nitrogens is 1. The molecule has 3 nitrogen and oxygen atoms in total. The molecule has 2 N–H and O–H groups in total. The maximum absolute atomic E-state index is 5.29. The topological polar surface area (TPSA) is 35.1 Å². The molecule has 1 heterocycles. The van der Waals surface area contributed by atoms with Crippen LogP contribution in [-0.2, 0) is 9.47 Å². The summed E-state index contributed by atoms with van der Waals surface area (Å²) in [6, 6.07) is 0. The van der Waals surface area contributed by atoms with Gasteiger partial charge < -0.3 is 14.8 Å². The molecule has 0 aromatic rings. The Bertz CT molecular complexity index is 103. The van der Waals surface area contributed by atoms with Crippen LogP contribution >= 0.6 is 0 Å². The molecule has 11 heavy (non-hydrogen) atoms. The third kappa shape index (κ3) is 4.95. The Morgan fingerprint density at radius 3 is 2.00 bits per heavy atom. The van der Waals surface area contributed by atoms with Crippen LogP contribution < -0.4 is 5.32 Å². The molecule has 0 aromatic heterocycles. The van der Waals surface area contributed by atoms with Crippen LogP contribution in [0, 0.1) is 0 Å².